The van der Waals surface area contributed by atoms with Gasteiger partial charge < -0.3 is 0 Å². The Morgan fingerprint density at radius 3 is 0.700 bits per heavy atom. The van der Waals surface area contributed by atoms with Gasteiger partial charge in [-0.1, -0.05) is 78.6 Å². The van der Waals surface area contributed by atoms with Crippen molar-refractivity contribution in [2.24, 2.45) is 0 Å². The van der Waals surface area contributed by atoms with E-state index in [1.807, 2.05) is 0 Å². The Morgan fingerprint density at radius 2 is 0.567 bits per heavy atom. The lowest BCUT2D eigenvalue weighted by molar-refractivity contribution is 1.53. The van der Waals surface area contributed by atoms with Crippen LogP contribution in [0.5, 0.6) is 0 Å². The van der Waals surface area contributed by atoms with Gasteiger partial charge in [0.05, 0.1) is 0 Å². The molecule has 0 aromatic heterocycles. The molecule has 0 fully saturated rings. The van der Waals surface area contributed by atoms with Crippen molar-refractivity contribution in [3.05, 3.63) is 57.2 Å². The summed E-state index contributed by atoms with van der Waals surface area (Å²) in [5.74, 6) is 0. The molecule has 1 aromatic carbocycles. The maximum absolute atomic E-state index is 3.68. The normalized spacial score (nSPS) is 14.8. The average molecular weight is 467 g/mol. The van der Waals surface area contributed by atoms with E-state index >= 15 is 0 Å². The molecule has 0 nitrogen and oxygen atoms in total. The van der Waals surface area contributed by atoms with E-state index < -0.39 is 32.3 Å². The first-order chi connectivity index (χ1) is 13.3. The molecule has 0 aliphatic rings. The van der Waals surface area contributed by atoms with Crippen LogP contribution in [0.2, 0.25) is 78.6 Å². The molecule has 166 valence electrons. The number of hydrogen-bond acceptors (Lipinski definition) is 0. The van der Waals surface area contributed by atoms with E-state index in [1.54, 1.807) is 0 Å². The topological polar surface area (TPSA) is 0 Å². The van der Waals surface area contributed by atoms with Crippen LogP contribution in [0.25, 0.3) is 24.3 Å². The summed E-state index contributed by atoms with van der Waals surface area (Å²) in [6.45, 7) is 27.9. The second kappa shape index (κ2) is 10.1. The summed E-state index contributed by atoms with van der Waals surface area (Å²) in [4.78, 5) is 0. The molecule has 0 saturated carbocycles. The third-order valence-electron chi connectivity index (χ3n) is 3.93. The summed E-state index contributed by atoms with van der Waals surface area (Å²) in [6.07, 6.45) is 8.86. The van der Waals surface area contributed by atoms with E-state index in [0.29, 0.717) is 0 Å². The Labute approximate surface area is 191 Å². The molecule has 0 bridgehead atoms. The first-order valence-electron chi connectivity index (χ1n) is 11.0. The molecule has 0 amide bonds. The second-order valence-electron chi connectivity index (χ2n) is 12.3. The minimum absolute atomic E-state index is 1.23. The summed E-state index contributed by atoms with van der Waals surface area (Å²) in [6, 6.07) is 4.63. The molecule has 4 heteroatoms. The smallest absolute Gasteiger partial charge is 0.0272 e. The van der Waals surface area contributed by atoms with Crippen molar-refractivity contribution in [2.45, 2.75) is 78.6 Å². The summed E-state index contributed by atoms with van der Waals surface area (Å²) in [5.41, 5.74) is 19.7. The molecule has 0 aliphatic heterocycles. The highest BCUT2D eigenvalue weighted by Crippen LogP contribution is 2.25. The molecular formula is C26H42Si4-4. The molecule has 0 radical (unpaired) electrons. The number of rotatable bonds is 8. The summed E-state index contributed by atoms with van der Waals surface area (Å²) >= 11 is 0. The number of benzene rings is 1. The van der Waals surface area contributed by atoms with Gasteiger partial charge in [-0.05, 0) is 32.3 Å². The third kappa shape index (κ3) is 12.0. The fraction of sp³-hybridized carbons (Fsp3) is 0.462. The highest BCUT2D eigenvalue weighted by molar-refractivity contribution is 6.80. The Bertz CT molecular complexity index is 690. The average Bonchev–Trinajstić information content (AvgIpc) is 2.52. The summed E-state index contributed by atoms with van der Waals surface area (Å²) in [7, 11) is -5.63. The molecule has 0 unspecified atom stereocenters. The summed E-state index contributed by atoms with van der Waals surface area (Å²) < 4.78 is 0. The molecule has 0 saturated heterocycles. The van der Waals surface area contributed by atoms with Crippen molar-refractivity contribution < 1.29 is 0 Å². The maximum atomic E-state index is 3.68. The van der Waals surface area contributed by atoms with Gasteiger partial charge in [-0.15, -0.1) is 0 Å². The van der Waals surface area contributed by atoms with Crippen LogP contribution in [0.4, 0.5) is 0 Å². The molecule has 1 aromatic rings. The van der Waals surface area contributed by atoms with Gasteiger partial charge in [-0.25, -0.2) is 12.1 Å². The quantitative estimate of drug-likeness (QED) is 0.266. The van der Waals surface area contributed by atoms with Crippen molar-refractivity contribution in [3.8, 4) is 0 Å². The minimum atomic E-state index is -1.41. The van der Waals surface area contributed by atoms with Crippen molar-refractivity contribution >= 4 is 56.6 Å². The van der Waals surface area contributed by atoms with Gasteiger partial charge in [0.25, 0.3) is 0 Å². The van der Waals surface area contributed by atoms with Crippen molar-refractivity contribution in [2.75, 3.05) is 0 Å². The van der Waals surface area contributed by atoms with Crippen LogP contribution in [0, 0.1) is 22.8 Å². The van der Waals surface area contributed by atoms with Gasteiger partial charge in [-0.3, -0.25) is 69.4 Å². The van der Waals surface area contributed by atoms with Crippen LogP contribution < -0.4 is 0 Å². The van der Waals surface area contributed by atoms with E-state index in [9.17, 15) is 0 Å². The second-order valence-corrected chi connectivity index (χ2v) is 31.4. The van der Waals surface area contributed by atoms with Crippen LogP contribution in [0.3, 0.4) is 0 Å². The van der Waals surface area contributed by atoms with Crippen LogP contribution in [0.1, 0.15) is 22.3 Å². The van der Waals surface area contributed by atoms with E-state index in [-0.39, 0.29) is 0 Å². The molecule has 1 rings (SSSR count). The van der Waals surface area contributed by atoms with E-state index in [0.717, 1.165) is 0 Å². The fourth-order valence-corrected chi connectivity index (χ4v) is 4.70. The third-order valence-corrected chi connectivity index (χ3v) is 7.97. The standard InChI is InChI=1S/C26H42Si4/c1-27(2,3)17-13-23-21-25(15-19-29(7,8)9)26(16-20-30(10,11)12)22-24(23)14-18-28(4,5)6/h13-16,21-22H,1-12H3/q-4. The van der Waals surface area contributed by atoms with Crippen LogP contribution in [-0.4, -0.2) is 32.3 Å². The van der Waals surface area contributed by atoms with E-state index in [1.165, 1.54) is 22.3 Å². The zero-order valence-electron chi connectivity index (χ0n) is 21.5. The van der Waals surface area contributed by atoms with Crippen LogP contribution in [0.15, 0.2) is 12.1 Å². The molecule has 0 aliphatic carbocycles. The van der Waals surface area contributed by atoms with Gasteiger partial charge in [0, 0.05) is 0 Å². The lowest BCUT2D eigenvalue weighted by atomic mass is 9.98. The Balaban J connectivity index is 3.72. The van der Waals surface area contributed by atoms with Crippen molar-refractivity contribution in [1.82, 2.24) is 0 Å². The maximum Gasteiger partial charge on any atom is -0.0272 e. The fourth-order valence-electron chi connectivity index (χ4n) is 2.35. The van der Waals surface area contributed by atoms with Gasteiger partial charge in [0.1, 0.15) is 0 Å². The van der Waals surface area contributed by atoms with Crippen molar-refractivity contribution in [1.29, 1.82) is 0 Å². The molecule has 30 heavy (non-hydrogen) atoms. The van der Waals surface area contributed by atoms with Crippen LogP contribution >= 0.6 is 0 Å². The first kappa shape index (κ1) is 27.1. The van der Waals surface area contributed by atoms with E-state index in [2.05, 4.69) is 138 Å². The molecule has 0 atom stereocenters. The molecule has 0 spiro atoms. The Hall–Kier alpha value is -0.952. The van der Waals surface area contributed by atoms with E-state index in [4.69, 9.17) is 0 Å². The van der Waals surface area contributed by atoms with Gasteiger partial charge in [0.15, 0.2) is 0 Å². The first-order valence-corrected chi connectivity index (χ1v) is 25.0. The zero-order valence-corrected chi connectivity index (χ0v) is 25.5. The summed E-state index contributed by atoms with van der Waals surface area (Å²) in [5, 5.41) is 0. The van der Waals surface area contributed by atoms with Gasteiger partial charge >= 0.3 is 0 Å². The Kier molecular flexibility index (Phi) is 9.13. The lowest BCUT2D eigenvalue weighted by Crippen LogP contribution is -2.17. The zero-order chi connectivity index (χ0) is 23.4. The molecule has 0 N–H and O–H groups in total. The SMILES string of the molecule is C[Si](C)(C)[C-]=Cc1cc(C=[C-][Si](C)(C)C)c(C=[C-][Si](C)(C)C)cc1C=[C-][Si](C)(C)C. The Morgan fingerprint density at radius 1 is 0.400 bits per heavy atom. The van der Waals surface area contributed by atoms with Gasteiger partial charge in [0.2, 0.25) is 0 Å². The monoisotopic (exact) mass is 466 g/mol. The largest absolute Gasteiger partial charge is 0.280 e. The molecule has 0 heterocycles. The highest BCUT2D eigenvalue weighted by Gasteiger charge is 2.01. The predicted molar refractivity (Wildman–Crippen MR) is 151 cm³/mol. The van der Waals surface area contributed by atoms with Crippen molar-refractivity contribution in [3.63, 3.8) is 0 Å². The highest BCUT2D eigenvalue weighted by atomic mass is 28.3. The number of hydrogen-bond donors (Lipinski definition) is 0. The minimum Gasteiger partial charge on any atom is -0.280 e. The molecular weight excluding hydrogens is 425 g/mol. The van der Waals surface area contributed by atoms with Gasteiger partial charge in [-0.2, -0.15) is 0 Å². The lowest BCUT2D eigenvalue weighted by Gasteiger charge is -2.34. The predicted octanol–water partition coefficient (Wildman–Crippen LogP) is 8.46. The van der Waals surface area contributed by atoms with Crippen LogP contribution in [-0.2, 0) is 0 Å².